The molecule has 0 unspecified atom stereocenters. The third kappa shape index (κ3) is 4.16. The Balaban J connectivity index is 2.08. The van der Waals surface area contributed by atoms with Crippen molar-refractivity contribution in [2.45, 2.75) is 6.61 Å². The van der Waals surface area contributed by atoms with Gasteiger partial charge >= 0.3 is 6.61 Å². The third-order valence-electron chi connectivity index (χ3n) is 2.60. The fraction of sp³-hybridized carbons (Fsp3) is 0.0714. The van der Waals surface area contributed by atoms with Crippen LogP contribution in [0, 0.1) is 0 Å². The number of hydrogen-bond donors (Lipinski definition) is 2. The van der Waals surface area contributed by atoms with E-state index >= 15 is 0 Å². The lowest BCUT2D eigenvalue weighted by atomic mass is 10.1. The van der Waals surface area contributed by atoms with E-state index in [1.165, 1.54) is 24.3 Å². The van der Waals surface area contributed by atoms with Crippen LogP contribution in [0.4, 0.5) is 20.2 Å². The average Bonchev–Trinajstić information content (AvgIpc) is 2.40. The zero-order chi connectivity index (χ0) is 15.4. The first kappa shape index (κ1) is 15.2. The number of benzene rings is 2. The third-order valence-corrected chi connectivity index (χ3v) is 3.09. The van der Waals surface area contributed by atoms with Crippen molar-refractivity contribution < 1.29 is 18.3 Å². The van der Waals surface area contributed by atoms with Crippen molar-refractivity contribution >= 4 is 33.2 Å². The van der Waals surface area contributed by atoms with Crippen molar-refractivity contribution in [2.75, 3.05) is 11.1 Å². The lowest BCUT2D eigenvalue weighted by Gasteiger charge is -2.09. The molecule has 2 aromatic carbocycles. The largest absolute Gasteiger partial charge is 0.435 e. The molecule has 3 N–H and O–H groups in total. The maximum atomic E-state index is 12.1. The van der Waals surface area contributed by atoms with Crippen LogP contribution in [-0.4, -0.2) is 12.5 Å². The first-order valence-electron chi connectivity index (χ1n) is 5.87. The van der Waals surface area contributed by atoms with Crippen molar-refractivity contribution in [3.05, 3.63) is 52.5 Å². The molecular formula is C14H11BrF2N2O2. The molecule has 4 nitrogen and oxygen atoms in total. The van der Waals surface area contributed by atoms with Gasteiger partial charge in [0.15, 0.2) is 0 Å². The van der Waals surface area contributed by atoms with Crippen molar-refractivity contribution in [1.82, 2.24) is 0 Å². The van der Waals surface area contributed by atoms with Gasteiger partial charge in [-0.25, -0.2) is 0 Å². The fourth-order valence-electron chi connectivity index (χ4n) is 1.66. The molecular weight excluding hydrogens is 346 g/mol. The Kier molecular flexibility index (Phi) is 4.74. The van der Waals surface area contributed by atoms with E-state index in [2.05, 4.69) is 26.0 Å². The summed E-state index contributed by atoms with van der Waals surface area (Å²) in [5.74, 6) is -0.367. The molecule has 0 aliphatic heterocycles. The smallest absolute Gasteiger partial charge is 0.387 e. The summed E-state index contributed by atoms with van der Waals surface area (Å²) < 4.78 is 29.0. The highest BCUT2D eigenvalue weighted by Crippen LogP contribution is 2.21. The molecule has 2 rings (SSSR count). The molecule has 0 aliphatic carbocycles. The van der Waals surface area contributed by atoms with E-state index in [0.29, 0.717) is 16.9 Å². The molecule has 7 heteroatoms. The second-order valence-electron chi connectivity index (χ2n) is 4.09. The molecule has 0 spiro atoms. The van der Waals surface area contributed by atoms with Crippen LogP contribution in [-0.2, 0) is 0 Å². The number of carbonyl (C=O) groups excluding carboxylic acids is 1. The van der Waals surface area contributed by atoms with Gasteiger partial charge in [0.05, 0.1) is 5.56 Å². The summed E-state index contributed by atoms with van der Waals surface area (Å²) in [6.45, 7) is -2.88. The molecule has 0 heterocycles. The van der Waals surface area contributed by atoms with Crippen molar-refractivity contribution in [3.8, 4) is 5.75 Å². The maximum absolute atomic E-state index is 12.1. The van der Waals surface area contributed by atoms with E-state index in [1.807, 2.05) is 0 Å². The van der Waals surface area contributed by atoms with Gasteiger partial charge < -0.3 is 15.8 Å². The molecule has 0 fully saturated rings. The van der Waals surface area contributed by atoms with Crippen LogP contribution < -0.4 is 15.8 Å². The summed E-state index contributed by atoms with van der Waals surface area (Å²) in [5.41, 5.74) is 6.87. The second-order valence-corrected chi connectivity index (χ2v) is 5.00. The molecule has 0 aromatic heterocycles. The Bertz CT molecular complexity index is 648. The Hall–Kier alpha value is -2.15. The van der Waals surface area contributed by atoms with Crippen LogP contribution in [0.3, 0.4) is 0 Å². The first-order chi connectivity index (χ1) is 9.95. The number of halogens is 3. The number of nitrogens with two attached hydrogens (primary N) is 1. The molecule has 1 amide bonds. The van der Waals surface area contributed by atoms with Crippen LogP contribution in [0.5, 0.6) is 5.75 Å². The fourth-order valence-corrected chi connectivity index (χ4v) is 2.04. The van der Waals surface area contributed by atoms with Gasteiger partial charge in [-0.2, -0.15) is 8.78 Å². The molecule has 2 aromatic rings. The number of amides is 1. The Morgan fingerprint density at radius 2 is 1.86 bits per heavy atom. The minimum atomic E-state index is -2.88. The van der Waals surface area contributed by atoms with Gasteiger partial charge in [0, 0.05) is 15.8 Å². The van der Waals surface area contributed by atoms with Gasteiger partial charge in [0.1, 0.15) is 5.75 Å². The van der Waals surface area contributed by atoms with Gasteiger partial charge in [0.25, 0.3) is 5.91 Å². The summed E-state index contributed by atoms with van der Waals surface area (Å²) in [4.78, 5) is 12.1. The van der Waals surface area contributed by atoms with Crippen LogP contribution in [0.25, 0.3) is 0 Å². The SMILES string of the molecule is Nc1cc(Br)ccc1C(=O)Nc1ccc(OC(F)F)cc1. The molecule has 0 radical (unpaired) electrons. The minimum absolute atomic E-state index is 0.0196. The van der Waals surface area contributed by atoms with E-state index in [0.717, 1.165) is 4.47 Å². The maximum Gasteiger partial charge on any atom is 0.387 e. The first-order valence-corrected chi connectivity index (χ1v) is 6.66. The Morgan fingerprint density at radius 1 is 1.19 bits per heavy atom. The summed E-state index contributed by atoms with van der Waals surface area (Å²) in [7, 11) is 0. The number of nitrogen functional groups attached to an aromatic ring is 1. The quantitative estimate of drug-likeness (QED) is 0.817. The summed E-state index contributed by atoms with van der Waals surface area (Å²) >= 11 is 3.25. The monoisotopic (exact) mass is 356 g/mol. The van der Waals surface area contributed by atoms with Crippen molar-refractivity contribution in [3.63, 3.8) is 0 Å². The van der Waals surface area contributed by atoms with Crippen molar-refractivity contribution in [2.24, 2.45) is 0 Å². The summed E-state index contributed by atoms with van der Waals surface area (Å²) in [5, 5.41) is 2.62. The van der Waals surface area contributed by atoms with Gasteiger partial charge in [-0.15, -0.1) is 0 Å². The molecule has 21 heavy (non-hydrogen) atoms. The summed E-state index contributed by atoms with van der Waals surface area (Å²) in [6.07, 6.45) is 0. The number of carbonyl (C=O) groups is 1. The van der Waals surface area contributed by atoms with Crippen LogP contribution >= 0.6 is 15.9 Å². The predicted octanol–water partition coefficient (Wildman–Crippen LogP) is 3.89. The van der Waals surface area contributed by atoms with Gasteiger partial charge in [0.2, 0.25) is 0 Å². The molecule has 110 valence electrons. The molecule has 0 aliphatic rings. The number of nitrogens with one attached hydrogen (secondary N) is 1. The van der Waals surface area contributed by atoms with E-state index in [-0.39, 0.29) is 11.7 Å². The topological polar surface area (TPSA) is 64.4 Å². The van der Waals surface area contributed by atoms with Crippen molar-refractivity contribution in [1.29, 1.82) is 0 Å². The minimum Gasteiger partial charge on any atom is -0.435 e. The highest BCUT2D eigenvalue weighted by Gasteiger charge is 2.10. The average molecular weight is 357 g/mol. The molecule has 0 saturated carbocycles. The van der Waals surface area contributed by atoms with Gasteiger partial charge in [-0.3, -0.25) is 4.79 Å². The van der Waals surface area contributed by atoms with Crippen LogP contribution in [0.2, 0.25) is 0 Å². The predicted molar refractivity (Wildman–Crippen MR) is 79.6 cm³/mol. The zero-order valence-electron chi connectivity index (χ0n) is 10.6. The second kappa shape index (κ2) is 6.53. The molecule has 0 bridgehead atoms. The van der Waals surface area contributed by atoms with Gasteiger partial charge in [-0.05, 0) is 42.5 Å². The highest BCUT2D eigenvalue weighted by molar-refractivity contribution is 9.10. The number of anilines is 2. The number of hydrogen-bond acceptors (Lipinski definition) is 3. The number of rotatable bonds is 4. The Labute approximate surface area is 128 Å². The van der Waals surface area contributed by atoms with Crippen LogP contribution in [0.15, 0.2) is 46.9 Å². The zero-order valence-corrected chi connectivity index (χ0v) is 12.2. The van der Waals surface area contributed by atoms with E-state index in [1.54, 1.807) is 18.2 Å². The standard InChI is InChI=1S/C14H11BrF2N2O2/c15-8-1-6-11(12(18)7-8)13(20)19-9-2-4-10(5-3-9)21-14(16)17/h1-7,14H,18H2,(H,19,20). The lowest BCUT2D eigenvalue weighted by molar-refractivity contribution is -0.0498. The van der Waals surface area contributed by atoms with E-state index in [4.69, 9.17) is 5.73 Å². The number of alkyl halides is 2. The van der Waals surface area contributed by atoms with E-state index < -0.39 is 6.61 Å². The summed E-state index contributed by atoms with van der Waals surface area (Å²) in [6, 6.07) is 10.5. The molecule has 0 atom stereocenters. The highest BCUT2D eigenvalue weighted by atomic mass is 79.9. The lowest BCUT2D eigenvalue weighted by Crippen LogP contribution is -2.14. The molecule has 0 saturated heterocycles. The normalized spacial score (nSPS) is 10.5. The van der Waals surface area contributed by atoms with Gasteiger partial charge in [-0.1, -0.05) is 15.9 Å². The number of ether oxygens (including phenoxy) is 1. The van der Waals surface area contributed by atoms with Crippen LogP contribution in [0.1, 0.15) is 10.4 Å². The Morgan fingerprint density at radius 3 is 2.43 bits per heavy atom. The van der Waals surface area contributed by atoms with E-state index in [9.17, 15) is 13.6 Å².